The lowest BCUT2D eigenvalue weighted by Crippen LogP contribution is -2.43. The average Bonchev–Trinajstić information content (AvgIpc) is 2.25. The highest BCUT2D eigenvalue weighted by molar-refractivity contribution is 5.81. The minimum Gasteiger partial charge on any atom is -0.354 e. The van der Waals surface area contributed by atoms with E-state index in [0.717, 1.165) is 18.9 Å². The van der Waals surface area contributed by atoms with Crippen molar-refractivity contribution < 1.29 is 4.79 Å². The zero-order chi connectivity index (χ0) is 12.8. The molecule has 0 aromatic heterocycles. The fourth-order valence-electron chi connectivity index (χ4n) is 2.74. The summed E-state index contributed by atoms with van der Waals surface area (Å²) in [5.41, 5.74) is 5.85. The average molecular weight is 240 g/mol. The van der Waals surface area contributed by atoms with Crippen LogP contribution in [0.2, 0.25) is 0 Å². The van der Waals surface area contributed by atoms with Crippen LogP contribution >= 0.6 is 0 Å². The van der Waals surface area contributed by atoms with E-state index < -0.39 is 0 Å². The summed E-state index contributed by atoms with van der Waals surface area (Å²) in [7, 11) is 0. The van der Waals surface area contributed by atoms with Crippen LogP contribution in [0.15, 0.2) is 0 Å². The van der Waals surface area contributed by atoms with Gasteiger partial charge in [0.2, 0.25) is 5.91 Å². The molecule has 0 aromatic rings. The number of rotatable bonds is 5. The topological polar surface area (TPSA) is 55.1 Å². The van der Waals surface area contributed by atoms with Crippen molar-refractivity contribution in [1.82, 2.24) is 5.32 Å². The van der Waals surface area contributed by atoms with Crippen LogP contribution in [0.1, 0.15) is 52.9 Å². The van der Waals surface area contributed by atoms with E-state index >= 15 is 0 Å². The van der Waals surface area contributed by atoms with Gasteiger partial charge in [0.05, 0.1) is 6.04 Å². The molecule has 100 valence electrons. The zero-order valence-electron chi connectivity index (χ0n) is 11.5. The van der Waals surface area contributed by atoms with Gasteiger partial charge in [-0.25, -0.2) is 0 Å². The first-order valence-electron chi connectivity index (χ1n) is 7.02. The summed E-state index contributed by atoms with van der Waals surface area (Å²) >= 11 is 0. The highest BCUT2D eigenvalue weighted by Crippen LogP contribution is 2.27. The van der Waals surface area contributed by atoms with Crippen LogP contribution in [0.25, 0.3) is 0 Å². The molecule has 17 heavy (non-hydrogen) atoms. The van der Waals surface area contributed by atoms with Gasteiger partial charge in [-0.1, -0.05) is 33.6 Å². The SMILES string of the molecule is CC(C)C[C@@H](N)C(=O)NCC1CCCC(C)C1. The van der Waals surface area contributed by atoms with Gasteiger partial charge < -0.3 is 11.1 Å². The molecule has 0 aliphatic heterocycles. The molecule has 1 saturated carbocycles. The van der Waals surface area contributed by atoms with Gasteiger partial charge in [0.25, 0.3) is 0 Å². The minimum atomic E-state index is -0.337. The number of hydrogen-bond acceptors (Lipinski definition) is 2. The van der Waals surface area contributed by atoms with Crippen molar-refractivity contribution in [1.29, 1.82) is 0 Å². The summed E-state index contributed by atoms with van der Waals surface area (Å²) in [6.45, 7) is 7.30. The van der Waals surface area contributed by atoms with Crippen molar-refractivity contribution in [3.8, 4) is 0 Å². The minimum absolute atomic E-state index is 0.0249. The summed E-state index contributed by atoms with van der Waals surface area (Å²) in [6.07, 6.45) is 5.92. The number of hydrogen-bond donors (Lipinski definition) is 2. The standard InChI is InChI=1S/C14H28N2O/c1-10(2)7-13(15)14(17)16-9-12-6-4-5-11(3)8-12/h10-13H,4-9,15H2,1-3H3,(H,16,17)/t11?,12?,13-/m1/s1. The largest absolute Gasteiger partial charge is 0.354 e. The van der Waals surface area contributed by atoms with Crippen LogP contribution in [-0.4, -0.2) is 18.5 Å². The molecule has 0 aromatic carbocycles. The van der Waals surface area contributed by atoms with Gasteiger partial charge in [-0.2, -0.15) is 0 Å². The van der Waals surface area contributed by atoms with Gasteiger partial charge >= 0.3 is 0 Å². The summed E-state index contributed by atoms with van der Waals surface area (Å²) < 4.78 is 0. The third kappa shape index (κ3) is 5.53. The molecule has 0 spiro atoms. The number of amides is 1. The molecule has 3 heteroatoms. The quantitative estimate of drug-likeness (QED) is 0.774. The van der Waals surface area contributed by atoms with Gasteiger partial charge in [0, 0.05) is 6.54 Å². The Bertz CT molecular complexity index is 240. The van der Waals surface area contributed by atoms with E-state index in [2.05, 4.69) is 26.1 Å². The van der Waals surface area contributed by atoms with E-state index in [1.54, 1.807) is 0 Å². The summed E-state index contributed by atoms with van der Waals surface area (Å²) in [6, 6.07) is -0.337. The number of carbonyl (C=O) groups excluding carboxylic acids is 1. The van der Waals surface area contributed by atoms with Crippen molar-refractivity contribution in [2.45, 2.75) is 58.9 Å². The van der Waals surface area contributed by atoms with Gasteiger partial charge in [-0.3, -0.25) is 4.79 Å². The lowest BCUT2D eigenvalue weighted by molar-refractivity contribution is -0.122. The monoisotopic (exact) mass is 240 g/mol. The molecular weight excluding hydrogens is 212 g/mol. The third-order valence-corrected chi connectivity index (χ3v) is 3.67. The maximum absolute atomic E-state index is 11.8. The first kappa shape index (κ1) is 14.5. The predicted molar refractivity (Wildman–Crippen MR) is 71.6 cm³/mol. The van der Waals surface area contributed by atoms with Gasteiger partial charge in [0.1, 0.15) is 0 Å². The summed E-state index contributed by atoms with van der Waals surface area (Å²) in [5, 5.41) is 3.01. The van der Waals surface area contributed by atoms with Gasteiger partial charge in [-0.15, -0.1) is 0 Å². The molecule has 1 aliphatic carbocycles. The van der Waals surface area contributed by atoms with Gasteiger partial charge in [-0.05, 0) is 37.0 Å². The Morgan fingerprint density at radius 3 is 2.71 bits per heavy atom. The van der Waals surface area contributed by atoms with E-state index in [0.29, 0.717) is 11.8 Å². The van der Waals surface area contributed by atoms with Crippen LogP contribution in [-0.2, 0) is 4.79 Å². The van der Waals surface area contributed by atoms with E-state index in [9.17, 15) is 4.79 Å². The second kappa shape index (κ2) is 7.00. The summed E-state index contributed by atoms with van der Waals surface area (Å²) in [5.74, 6) is 1.98. The fourth-order valence-corrected chi connectivity index (χ4v) is 2.74. The lowest BCUT2D eigenvalue weighted by atomic mass is 9.82. The Labute approximate surface area is 106 Å². The molecule has 1 fully saturated rings. The molecule has 1 amide bonds. The second-order valence-electron chi connectivity index (χ2n) is 6.12. The van der Waals surface area contributed by atoms with Crippen LogP contribution < -0.4 is 11.1 Å². The lowest BCUT2D eigenvalue weighted by Gasteiger charge is -2.27. The fraction of sp³-hybridized carbons (Fsp3) is 0.929. The van der Waals surface area contributed by atoms with Crippen molar-refractivity contribution in [3.63, 3.8) is 0 Å². The predicted octanol–water partition coefficient (Wildman–Crippen LogP) is 2.30. The number of nitrogens with two attached hydrogens (primary N) is 1. The third-order valence-electron chi connectivity index (χ3n) is 3.67. The molecule has 1 rings (SSSR count). The van der Waals surface area contributed by atoms with Crippen molar-refractivity contribution in [2.75, 3.05) is 6.54 Å². The van der Waals surface area contributed by atoms with E-state index in [-0.39, 0.29) is 11.9 Å². The molecule has 2 unspecified atom stereocenters. The molecule has 0 bridgehead atoms. The van der Waals surface area contributed by atoms with Crippen molar-refractivity contribution >= 4 is 5.91 Å². The highest BCUT2D eigenvalue weighted by atomic mass is 16.2. The Balaban J connectivity index is 2.22. The molecule has 3 atom stereocenters. The maximum atomic E-state index is 11.8. The van der Waals surface area contributed by atoms with Crippen LogP contribution in [0.3, 0.4) is 0 Å². The maximum Gasteiger partial charge on any atom is 0.236 e. The highest BCUT2D eigenvalue weighted by Gasteiger charge is 2.21. The molecule has 0 heterocycles. The Hall–Kier alpha value is -0.570. The van der Waals surface area contributed by atoms with Crippen LogP contribution in [0.4, 0.5) is 0 Å². The second-order valence-corrected chi connectivity index (χ2v) is 6.12. The van der Waals surface area contributed by atoms with Crippen LogP contribution in [0, 0.1) is 17.8 Å². The van der Waals surface area contributed by atoms with Crippen LogP contribution in [0.5, 0.6) is 0 Å². The van der Waals surface area contributed by atoms with Crippen molar-refractivity contribution in [3.05, 3.63) is 0 Å². The Kier molecular flexibility index (Phi) is 5.96. The molecule has 3 nitrogen and oxygen atoms in total. The first-order valence-corrected chi connectivity index (χ1v) is 7.02. The molecular formula is C14H28N2O. The van der Waals surface area contributed by atoms with Crippen molar-refractivity contribution in [2.24, 2.45) is 23.5 Å². The molecule has 3 N–H and O–H groups in total. The number of nitrogens with one attached hydrogen (secondary N) is 1. The molecule has 0 saturated heterocycles. The molecule has 1 aliphatic rings. The van der Waals surface area contributed by atoms with Gasteiger partial charge in [0.15, 0.2) is 0 Å². The van der Waals surface area contributed by atoms with E-state index in [1.165, 1.54) is 25.7 Å². The Morgan fingerprint density at radius 1 is 1.41 bits per heavy atom. The Morgan fingerprint density at radius 2 is 2.12 bits per heavy atom. The van der Waals surface area contributed by atoms with E-state index in [4.69, 9.17) is 5.73 Å². The zero-order valence-corrected chi connectivity index (χ0v) is 11.5. The van der Waals surface area contributed by atoms with E-state index in [1.807, 2.05) is 0 Å². The smallest absolute Gasteiger partial charge is 0.236 e. The normalized spacial score (nSPS) is 26.9. The summed E-state index contributed by atoms with van der Waals surface area (Å²) in [4.78, 5) is 11.8. The first-order chi connectivity index (χ1) is 7.99. The molecule has 0 radical (unpaired) electrons. The number of carbonyl (C=O) groups is 1.